The standard InChI is InChI=1S/C14H16N4O2/c15-12-13(19)17-8-18-14(12)20-10-5-3-9(4-6-10)11-2-1-7-16-11/h3-6,8,11,16H,1-2,7,15H2,(H,17,18,19). The lowest BCUT2D eigenvalue weighted by Gasteiger charge is -2.11. The normalized spacial score (nSPS) is 18.1. The predicted octanol–water partition coefficient (Wildman–Crippen LogP) is 1.57. The molecule has 1 atom stereocenters. The lowest BCUT2D eigenvalue weighted by Crippen LogP contribution is -2.13. The van der Waals surface area contributed by atoms with Crippen LogP contribution in [0.1, 0.15) is 24.4 Å². The van der Waals surface area contributed by atoms with E-state index < -0.39 is 5.56 Å². The van der Waals surface area contributed by atoms with E-state index in [1.54, 1.807) is 0 Å². The molecule has 3 rings (SSSR count). The monoisotopic (exact) mass is 272 g/mol. The van der Waals surface area contributed by atoms with E-state index >= 15 is 0 Å². The third-order valence-corrected chi connectivity index (χ3v) is 3.41. The Hall–Kier alpha value is -2.34. The number of nitrogen functional groups attached to an aromatic ring is 1. The predicted molar refractivity (Wildman–Crippen MR) is 75.8 cm³/mol. The van der Waals surface area contributed by atoms with Crippen LogP contribution in [0.4, 0.5) is 5.69 Å². The quantitative estimate of drug-likeness (QED) is 0.788. The number of benzene rings is 1. The van der Waals surface area contributed by atoms with Gasteiger partial charge in [-0.3, -0.25) is 4.79 Å². The molecule has 1 aliphatic rings. The first-order valence-corrected chi connectivity index (χ1v) is 6.58. The van der Waals surface area contributed by atoms with Crippen molar-refractivity contribution in [3.05, 3.63) is 46.5 Å². The van der Waals surface area contributed by atoms with E-state index in [0.29, 0.717) is 11.8 Å². The van der Waals surface area contributed by atoms with Gasteiger partial charge in [-0.1, -0.05) is 12.1 Å². The summed E-state index contributed by atoms with van der Waals surface area (Å²) in [5.74, 6) is 0.733. The molecule has 1 saturated heterocycles. The molecule has 1 unspecified atom stereocenters. The SMILES string of the molecule is Nc1c(Oc2ccc(C3CCCN3)cc2)nc[nH]c1=O. The van der Waals surface area contributed by atoms with Crippen LogP contribution >= 0.6 is 0 Å². The first-order valence-electron chi connectivity index (χ1n) is 6.58. The minimum atomic E-state index is -0.401. The van der Waals surface area contributed by atoms with Crippen molar-refractivity contribution in [1.29, 1.82) is 0 Å². The molecule has 20 heavy (non-hydrogen) atoms. The molecule has 0 aliphatic carbocycles. The maximum Gasteiger partial charge on any atom is 0.277 e. The molecule has 1 aliphatic heterocycles. The average Bonchev–Trinajstić information content (AvgIpc) is 2.99. The number of aromatic amines is 1. The van der Waals surface area contributed by atoms with Crippen LogP contribution in [0.5, 0.6) is 11.6 Å². The van der Waals surface area contributed by atoms with Crippen LogP contribution in [0.15, 0.2) is 35.4 Å². The molecule has 4 N–H and O–H groups in total. The van der Waals surface area contributed by atoms with E-state index in [1.807, 2.05) is 24.3 Å². The van der Waals surface area contributed by atoms with E-state index in [0.717, 1.165) is 13.0 Å². The van der Waals surface area contributed by atoms with Crippen LogP contribution in [0.3, 0.4) is 0 Å². The Morgan fingerprint density at radius 2 is 2.10 bits per heavy atom. The molecule has 1 aromatic heterocycles. The number of nitrogens with zero attached hydrogens (tertiary/aromatic N) is 1. The molecule has 104 valence electrons. The van der Waals surface area contributed by atoms with Crippen molar-refractivity contribution in [2.45, 2.75) is 18.9 Å². The van der Waals surface area contributed by atoms with Crippen LogP contribution in [0, 0.1) is 0 Å². The summed E-state index contributed by atoms with van der Waals surface area (Å²) in [6.07, 6.45) is 3.63. The van der Waals surface area contributed by atoms with Gasteiger partial charge in [-0.05, 0) is 37.1 Å². The highest BCUT2D eigenvalue weighted by atomic mass is 16.5. The van der Waals surface area contributed by atoms with Crippen molar-refractivity contribution in [1.82, 2.24) is 15.3 Å². The molecule has 0 bridgehead atoms. The maximum atomic E-state index is 11.3. The number of nitrogens with one attached hydrogen (secondary N) is 2. The van der Waals surface area contributed by atoms with Gasteiger partial charge < -0.3 is 20.8 Å². The van der Waals surface area contributed by atoms with Gasteiger partial charge in [0.2, 0.25) is 5.88 Å². The molecule has 0 saturated carbocycles. The minimum absolute atomic E-state index is 0.0194. The fourth-order valence-corrected chi connectivity index (χ4v) is 2.32. The number of aromatic nitrogens is 2. The van der Waals surface area contributed by atoms with E-state index in [1.165, 1.54) is 18.3 Å². The molecule has 2 heterocycles. The molecular weight excluding hydrogens is 256 g/mol. The summed E-state index contributed by atoms with van der Waals surface area (Å²) in [7, 11) is 0. The van der Waals surface area contributed by atoms with Crippen molar-refractivity contribution in [2.75, 3.05) is 12.3 Å². The van der Waals surface area contributed by atoms with Gasteiger partial charge in [-0.15, -0.1) is 0 Å². The van der Waals surface area contributed by atoms with Crippen LogP contribution < -0.4 is 21.3 Å². The third kappa shape index (κ3) is 2.50. The molecule has 1 aromatic carbocycles. The Morgan fingerprint density at radius 3 is 2.80 bits per heavy atom. The highest BCUT2D eigenvalue weighted by molar-refractivity contribution is 5.47. The Balaban J connectivity index is 1.78. The number of hydrogen-bond donors (Lipinski definition) is 3. The summed E-state index contributed by atoms with van der Waals surface area (Å²) in [5.41, 5.74) is 6.44. The van der Waals surface area contributed by atoms with Crippen molar-refractivity contribution < 1.29 is 4.74 Å². The van der Waals surface area contributed by atoms with Crippen molar-refractivity contribution in [2.24, 2.45) is 0 Å². The third-order valence-electron chi connectivity index (χ3n) is 3.41. The molecule has 6 nitrogen and oxygen atoms in total. The van der Waals surface area contributed by atoms with Gasteiger partial charge in [0.1, 0.15) is 5.75 Å². The van der Waals surface area contributed by atoms with Crippen LogP contribution in [0.2, 0.25) is 0 Å². The highest BCUT2D eigenvalue weighted by Crippen LogP contribution is 2.27. The van der Waals surface area contributed by atoms with Crippen LogP contribution in [-0.2, 0) is 0 Å². The van der Waals surface area contributed by atoms with Crippen LogP contribution in [0.25, 0.3) is 0 Å². The topological polar surface area (TPSA) is 93.0 Å². The van der Waals surface area contributed by atoms with Crippen molar-refractivity contribution in [3.63, 3.8) is 0 Å². The largest absolute Gasteiger partial charge is 0.437 e. The minimum Gasteiger partial charge on any atom is -0.437 e. The van der Waals surface area contributed by atoms with E-state index in [4.69, 9.17) is 10.5 Å². The average molecular weight is 272 g/mol. The number of nitrogens with two attached hydrogens (primary N) is 1. The lowest BCUT2D eigenvalue weighted by atomic mass is 10.1. The summed E-state index contributed by atoms with van der Waals surface area (Å²) in [4.78, 5) is 17.7. The van der Waals surface area contributed by atoms with Gasteiger partial charge in [0, 0.05) is 6.04 Å². The zero-order chi connectivity index (χ0) is 13.9. The zero-order valence-electron chi connectivity index (χ0n) is 10.9. The van der Waals surface area contributed by atoms with Gasteiger partial charge in [-0.2, -0.15) is 0 Å². The number of rotatable bonds is 3. The number of ether oxygens (including phenoxy) is 1. The smallest absolute Gasteiger partial charge is 0.277 e. The molecule has 0 spiro atoms. The van der Waals surface area contributed by atoms with E-state index in [2.05, 4.69) is 15.3 Å². The fraction of sp³-hybridized carbons (Fsp3) is 0.286. The van der Waals surface area contributed by atoms with Crippen molar-refractivity contribution in [3.8, 4) is 11.6 Å². The molecular formula is C14H16N4O2. The first-order chi connectivity index (χ1) is 9.74. The first kappa shape index (κ1) is 12.7. The summed E-state index contributed by atoms with van der Waals surface area (Å²) < 4.78 is 5.53. The summed E-state index contributed by atoms with van der Waals surface area (Å²) in [5, 5.41) is 3.44. The van der Waals surface area contributed by atoms with E-state index in [9.17, 15) is 4.79 Å². The number of hydrogen-bond acceptors (Lipinski definition) is 5. The summed E-state index contributed by atoms with van der Waals surface area (Å²) >= 11 is 0. The van der Waals surface area contributed by atoms with Crippen LogP contribution in [-0.4, -0.2) is 16.5 Å². The second-order valence-corrected chi connectivity index (χ2v) is 4.77. The molecule has 1 fully saturated rings. The van der Waals surface area contributed by atoms with Crippen molar-refractivity contribution >= 4 is 5.69 Å². The lowest BCUT2D eigenvalue weighted by molar-refractivity contribution is 0.463. The summed E-state index contributed by atoms with van der Waals surface area (Å²) in [6.45, 7) is 1.07. The number of H-pyrrole nitrogens is 1. The van der Waals surface area contributed by atoms with Gasteiger partial charge in [-0.25, -0.2) is 4.98 Å². The summed E-state index contributed by atoms with van der Waals surface area (Å²) in [6, 6.07) is 8.17. The molecule has 2 aromatic rings. The Labute approximate surface area is 116 Å². The Morgan fingerprint density at radius 1 is 1.30 bits per heavy atom. The Bertz CT molecular complexity index is 645. The van der Waals surface area contributed by atoms with Gasteiger partial charge in [0.05, 0.1) is 6.33 Å². The number of anilines is 1. The second kappa shape index (κ2) is 5.34. The molecule has 6 heteroatoms. The fourth-order valence-electron chi connectivity index (χ4n) is 2.32. The van der Waals surface area contributed by atoms with Gasteiger partial charge in [0.25, 0.3) is 5.56 Å². The molecule has 0 amide bonds. The molecule has 0 radical (unpaired) electrons. The van der Waals surface area contributed by atoms with Gasteiger partial charge >= 0.3 is 0 Å². The second-order valence-electron chi connectivity index (χ2n) is 4.77. The van der Waals surface area contributed by atoms with Gasteiger partial charge in [0.15, 0.2) is 5.69 Å². The zero-order valence-corrected chi connectivity index (χ0v) is 10.9. The Kier molecular flexibility index (Phi) is 3.39. The maximum absolute atomic E-state index is 11.3. The highest BCUT2D eigenvalue weighted by Gasteiger charge is 2.16. The van der Waals surface area contributed by atoms with E-state index in [-0.39, 0.29) is 11.6 Å².